The average molecular weight is 408 g/mol. The van der Waals surface area contributed by atoms with Gasteiger partial charge >= 0.3 is 5.97 Å². The van der Waals surface area contributed by atoms with Crippen LogP contribution in [0.5, 0.6) is 5.75 Å². The highest BCUT2D eigenvalue weighted by Gasteiger charge is 2.36. The van der Waals surface area contributed by atoms with Crippen LogP contribution in [0.25, 0.3) is 0 Å². The largest absolute Gasteiger partial charge is 0.494 e. The number of benzene rings is 2. The Kier molecular flexibility index (Phi) is 5.44. The predicted molar refractivity (Wildman–Crippen MR) is 112 cm³/mol. The van der Waals surface area contributed by atoms with Gasteiger partial charge in [-0.1, -0.05) is 0 Å². The van der Waals surface area contributed by atoms with Crippen molar-refractivity contribution >= 4 is 29.0 Å². The lowest BCUT2D eigenvalue weighted by Gasteiger charge is -2.33. The molecule has 0 saturated carbocycles. The molecule has 2 aromatic carbocycles. The molecule has 1 N–H and O–H groups in total. The molecule has 7 nitrogen and oxygen atoms in total. The Morgan fingerprint density at radius 2 is 1.90 bits per heavy atom. The van der Waals surface area contributed by atoms with Gasteiger partial charge in [0.1, 0.15) is 11.8 Å². The van der Waals surface area contributed by atoms with E-state index in [0.29, 0.717) is 23.6 Å². The van der Waals surface area contributed by atoms with Gasteiger partial charge in [0.05, 0.1) is 23.5 Å². The Morgan fingerprint density at radius 3 is 2.63 bits per heavy atom. The van der Waals surface area contributed by atoms with E-state index in [0.717, 1.165) is 25.1 Å². The number of ether oxygens (including phenoxy) is 2. The number of nitrogens with zero attached hydrogens (tertiary/aromatic N) is 1. The molecule has 0 radical (unpaired) electrons. The Balaban J connectivity index is 1.45. The van der Waals surface area contributed by atoms with Gasteiger partial charge < -0.3 is 19.7 Å². The fourth-order valence-electron chi connectivity index (χ4n) is 3.96. The van der Waals surface area contributed by atoms with Crippen LogP contribution in [-0.4, -0.2) is 43.0 Å². The second kappa shape index (κ2) is 8.18. The van der Waals surface area contributed by atoms with Crippen LogP contribution in [-0.2, 0) is 9.53 Å². The van der Waals surface area contributed by atoms with Crippen LogP contribution in [0.1, 0.15) is 47.4 Å². The SMILES string of the molecule is CCOc1ccc(C(=O)[C@@H](C)OC(=O)c2ccc3c(c2)NC(=O)[C@@H]2CCCN32)cc1. The van der Waals surface area contributed by atoms with Gasteiger partial charge in [0, 0.05) is 12.1 Å². The number of nitrogens with one attached hydrogen (secondary N) is 1. The minimum absolute atomic E-state index is 0.0513. The van der Waals surface area contributed by atoms with Crippen LogP contribution in [0.15, 0.2) is 42.5 Å². The average Bonchev–Trinajstić information content (AvgIpc) is 3.24. The minimum Gasteiger partial charge on any atom is -0.494 e. The molecule has 0 aromatic heterocycles. The zero-order chi connectivity index (χ0) is 21.3. The van der Waals surface area contributed by atoms with Crippen molar-refractivity contribution in [1.82, 2.24) is 0 Å². The van der Waals surface area contributed by atoms with E-state index >= 15 is 0 Å². The molecule has 0 bridgehead atoms. The molecule has 2 aliphatic rings. The molecule has 2 aromatic rings. The fraction of sp³-hybridized carbons (Fsp3) is 0.348. The molecule has 2 aliphatic heterocycles. The van der Waals surface area contributed by atoms with Gasteiger partial charge in [-0.3, -0.25) is 9.59 Å². The Bertz CT molecular complexity index is 986. The first-order valence-electron chi connectivity index (χ1n) is 10.2. The molecule has 30 heavy (non-hydrogen) atoms. The van der Waals surface area contributed by atoms with Crippen molar-refractivity contribution in [3.8, 4) is 5.75 Å². The van der Waals surface area contributed by atoms with Crippen LogP contribution in [0.2, 0.25) is 0 Å². The number of Topliss-reactive ketones (excluding diaryl/α,β-unsaturated/α-hetero) is 1. The quantitative estimate of drug-likeness (QED) is 0.582. The van der Waals surface area contributed by atoms with Crippen molar-refractivity contribution in [1.29, 1.82) is 0 Å². The van der Waals surface area contributed by atoms with Gasteiger partial charge in [-0.25, -0.2) is 4.79 Å². The van der Waals surface area contributed by atoms with Crippen molar-refractivity contribution in [2.24, 2.45) is 0 Å². The van der Waals surface area contributed by atoms with E-state index in [1.165, 1.54) is 0 Å². The molecule has 0 aliphatic carbocycles. The highest BCUT2D eigenvalue weighted by Crippen LogP contribution is 2.37. The second-order valence-corrected chi connectivity index (χ2v) is 7.44. The Labute approximate surface area is 175 Å². The minimum atomic E-state index is -0.941. The number of hydrogen-bond acceptors (Lipinski definition) is 6. The van der Waals surface area contributed by atoms with Gasteiger partial charge in [0.25, 0.3) is 0 Å². The summed E-state index contributed by atoms with van der Waals surface area (Å²) in [6.07, 6.45) is 0.858. The molecule has 2 heterocycles. The lowest BCUT2D eigenvalue weighted by Crippen LogP contribution is -2.43. The molecule has 4 rings (SSSR count). The maximum atomic E-state index is 12.6. The van der Waals surface area contributed by atoms with Crippen molar-refractivity contribution in [3.63, 3.8) is 0 Å². The van der Waals surface area contributed by atoms with Gasteiger partial charge in [0.15, 0.2) is 6.10 Å². The van der Waals surface area contributed by atoms with E-state index < -0.39 is 12.1 Å². The molecule has 7 heteroatoms. The number of anilines is 2. The summed E-state index contributed by atoms with van der Waals surface area (Å²) < 4.78 is 10.8. The van der Waals surface area contributed by atoms with Crippen LogP contribution in [0.4, 0.5) is 11.4 Å². The van der Waals surface area contributed by atoms with Crippen LogP contribution in [0.3, 0.4) is 0 Å². The maximum Gasteiger partial charge on any atom is 0.338 e. The Hall–Kier alpha value is -3.35. The number of fused-ring (bicyclic) bond motifs is 3. The van der Waals surface area contributed by atoms with Crippen molar-refractivity contribution in [2.75, 3.05) is 23.4 Å². The number of rotatable bonds is 6. The lowest BCUT2D eigenvalue weighted by molar-refractivity contribution is -0.117. The summed E-state index contributed by atoms with van der Waals surface area (Å²) in [5.41, 5.74) is 2.24. The Morgan fingerprint density at radius 1 is 1.17 bits per heavy atom. The van der Waals surface area contributed by atoms with Gasteiger partial charge in [-0.05, 0) is 69.2 Å². The highest BCUT2D eigenvalue weighted by molar-refractivity contribution is 6.06. The summed E-state index contributed by atoms with van der Waals surface area (Å²) in [6, 6.07) is 11.7. The molecular formula is C23H24N2O5. The van der Waals surface area contributed by atoms with Crippen LogP contribution in [0, 0.1) is 0 Å². The smallest absolute Gasteiger partial charge is 0.338 e. The zero-order valence-electron chi connectivity index (χ0n) is 17.0. The topological polar surface area (TPSA) is 84.9 Å². The molecular weight excluding hydrogens is 384 g/mol. The summed E-state index contributed by atoms with van der Waals surface area (Å²) in [5.74, 6) is -0.278. The van der Waals surface area contributed by atoms with Crippen LogP contribution >= 0.6 is 0 Å². The van der Waals surface area contributed by atoms with E-state index in [-0.39, 0.29) is 23.3 Å². The number of esters is 1. The van der Waals surface area contributed by atoms with Crippen molar-refractivity contribution in [2.45, 2.75) is 38.8 Å². The van der Waals surface area contributed by atoms with Crippen LogP contribution < -0.4 is 15.0 Å². The number of ketones is 1. The first-order valence-corrected chi connectivity index (χ1v) is 10.2. The predicted octanol–water partition coefficient (Wildman–Crippen LogP) is 3.43. The molecule has 0 unspecified atom stereocenters. The standard InChI is InChI=1S/C23H24N2O5/c1-3-29-17-9-6-15(7-10-17)21(26)14(2)30-23(28)16-8-11-19-18(13-16)24-22(27)20-5-4-12-25(19)20/h6-11,13-14,20H,3-5,12H2,1-2H3,(H,24,27)/t14-,20+/m1/s1. The molecule has 156 valence electrons. The third kappa shape index (κ3) is 3.75. The summed E-state index contributed by atoms with van der Waals surface area (Å²) in [7, 11) is 0. The maximum absolute atomic E-state index is 12.6. The third-order valence-electron chi connectivity index (χ3n) is 5.46. The molecule has 1 fully saturated rings. The van der Waals surface area contributed by atoms with Gasteiger partial charge in [0.2, 0.25) is 11.7 Å². The number of hydrogen-bond donors (Lipinski definition) is 1. The third-order valence-corrected chi connectivity index (χ3v) is 5.46. The van der Waals surface area contributed by atoms with E-state index in [1.54, 1.807) is 43.3 Å². The van der Waals surface area contributed by atoms with Gasteiger partial charge in [-0.2, -0.15) is 0 Å². The van der Waals surface area contributed by atoms with E-state index in [4.69, 9.17) is 9.47 Å². The summed E-state index contributed by atoms with van der Waals surface area (Å²) in [5, 5.41) is 2.88. The first kappa shape index (κ1) is 19.9. The highest BCUT2D eigenvalue weighted by atomic mass is 16.5. The zero-order valence-corrected chi connectivity index (χ0v) is 17.0. The van der Waals surface area contributed by atoms with E-state index in [9.17, 15) is 14.4 Å². The summed E-state index contributed by atoms with van der Waals surface area (Å²) in [6.45, 7) is 4.80. The van der Waals surface area contributed by atoms with Gasteiger partial charge in [-0.15, -0.1) is 0 Å². The lowest BCUT2D eigenvalue weighted by atomic mass is 10.1. The van der Waals surface area contributed by atoms with E-state index in [1.807, 2.05) is 13.0 Å². The molecule has 2 atom stereocenters. The van der Waals surface area contributed by atoms with Crippen molar-refractivity contribution < 1.29 is 23.9 Å². The molecule has 0 spiro atoms. The summed E-state index contributed by atoms with van der Waals surface area (Å²) in [4.78, 5) is 39.6. The first-order chi connectivity index (χ1) is 14.5. The van der Waals surface area contributed by atoms with E-state index in [2.05, 4.69) is 10.2 Å². The molecule has 1 saturated heterocycles. The number of carbonyl (C=O) groups excluding carboxylic acids is 3. The number of carbonyl (C=O) groups is 3. The van der Waals surface area contributed by atoms with Crippen molar-refractivity contribution in [3.05, 3.63) is 53.6 Å². The molecule has 1 amide bonds. The second-order valence-electron chi connectivity index (χ2n) is 7.44. The monoisotopic (exact) mass is 408 g/mol. The fourth-order valence-corrected chi connectivity index (χ4v) is 3.96. The summed E-state index contributed by atoms with van der Waals surface area (Å²) >= 11 is 0. The normalized spacial score (nSPS) is 18.1. The number of amides is 1.